The lowest BCUT2D eigenvalue weighted by atomic mass is 10.1. The van der Waals surface area contributed by atoms with E-state index in [0.717, 1.165) is 30.0 Å². The number of hydrogen-bond donors (Lipinski definition) is 2. The summed E-state index contributed by atoms with van der Waals surface area (Å²) in [5.74, 6) is 0.388. The van der Waals surface area contributed by atoms with E-state index in [9.17, 15) is 4.79 Å². The Balaban J connectivity index is 1.53. The molecule has 0 aliphatic carbocycles. The van der Waals surface area contributed by atoms with Gasteiger partial charge in [0.05, 0.1) is 11.4 Å². The van der Waals surface area contributed by atoms with Crippen LogP contribution in [0, 0.1) is 13.8 Å². The fraction of sp³-hybridized carbons (Fsp3) is 0.364. The maximum Gasteiger partial charge on any atom is 0.264 e. The van der Waals surface area contributed by atoms with Gasteiger partial charge in [-0.2, -0.15) is 0 Å². The number of thiocarbonyl (C=S) groups is 1. The highest BCUT2D eigenvalue weighted by atomic mass is 32.1. The van der Waals surface area contributed by atoms with E-state index < -0.39 is 0 Å². The van der Waals surface area contributed by atoms with Crippen molar-refractivity contribution < 1.29 is 9.53 Å². The van der Waals surface area contributed by atoms with Gasteiger partial charge >= 0.3 is 0 Å². The number of nitrogens with one attached hydrogen (secondary N) is 2. The molecule has 0 radical (unpaired) electrons. The van der Waals surface area contributed by atoms with E-state index in [2.05, 4.69) is 21.6 Å². The average molecular weight is 398 g/mol. The van der Waals surface area contributed by atoms with Crippen LogP contribution < -0.4 is 20.3 Å². The third-order valence-electron chi connectivity index (χ3n) is 4.95. The van der Waals surface area contributed by atoms with E-state index in [1.807, 2.05) is 50.2 Å². The molecule has 2 aromatic carbocycles. The third kappa shape index (κ3) is 5.45. The Labute approximate surface area is 172 Å². The molecule has 0 saturated carbocycles. The Hall–Kier alpha value is -2.60. The van der Waals surface area contributed by atoms with Crippen LogP contribution in [0.15, 0.2) is 42.5 Å². The molecule has 0 spiro atoms. The van der Waals surface area contributed by atoms with Gasteiger partial charge in [0.2, 0.25) is 0 Å². The summed E-state index contributed by atoms with van der Waals surface area (Å²) < 4.78 is 5.57. The minimum Gasteiger partial charge on any atom is -0.484 e. The predicted octanol–water partition coefficient (Wildman–Crippen LogP) is 4.19. The highest BCUT2D eigenvalue weighted by Crippen LogP contribution is 2.28. The maximum atomic E-state index is 12.2. The second kappa shape index (κ2) is 9.55. The molecule has 0 aromatic heterocycles. The lowest BCUT2D eigenvalue weighted by Gasteiger charge is -2.30. The van der Waals surface area contributed by atoms with Crippen LogP contribution in [0.1, 0.15) is 30.4 Å². The first-order chi connectivity index (χ1) is 13.5. The van der Waals surface area contributed by atoms with Crippen LogP contribution in [0.25, 0.3) is 0 Å². The Morgan fingerprint density at radius 3 is 2.57 bits per heavy atom. The van der Waals surface area contributed by atoms with Crippen LogP contribution in [0.5, 0.6) is 5.75 Å². The fourth-order valence-electron chi connectivity index (χ4n) is 3.26. The van der Waals surface area contributed by atoms with Crippen molar-refractivity contribution in [2.45, 2.75) is 33.1 Å². The van der Waals surface area contributed by atoms with Gasteiger partial charge in [-0.1, -0.05) is 18.2 Å². The van der Waals surface area contributed by atoms with Crippen molar-refractivity contribution >= 4 is 34.6 Å². The summed E-state index contributed by atoms with van der Waals surface area (Å²) in [5, 5.41) is 6.12. The number of aryl methyl sites for hydroxylation is 2. The highest BCUT2D eigenvalue weighted by Gasteiger charge is 2.15. The Morgan fingerprint density at radius 1 is 1.07 bits per heavy atom. The minimum absolute atomic E-state index is 0.0852. The van der Waals surface area contributed by atoms with E-state index in [-0.39, 0.29) is 17.6 Å². The number of piperidine rings is 1. The van der Waals surface area contributed by atoms with Gasteiger partial charge in [-0.3, -0.25) is 10.1 Å². The number of amides is 1. The zero-order chi connectivity index (χ0) is 19.9. The predicted molar refractivity (Wildman–Crippen MR) is 118 cm³/mol. The number of carbonyl (C=O) groups is 1. The first-order valence-electron chi connectivity index (χ1n) is 9.68. The number of anilines is 2. The summed E-state index contributed by atoms with van der Waals surface area (Å²) >= 11 is 5.32. The molecule has 2 aromatic rings. The molecule has 1 fully saturated rings. The van der Waals surface area contributed by atoms with Gasteiger partial charge in [0.15, 0.2) is 11.7 Å². The summed E-state index contributed by atoms with van der Waals surface area (Å²) in [6.45, 7) is 6.06. The van der Waals surface area contributed by atoms with Crippen molar-refractivity contribution in [3.63, 3.8) is 0 Å². The lowest BCUT2D eigenvalue weighted by molar-refractivity contribution is -0.121. The zero-order valence-corrected chi connectivity index (χ0v) is 17.3. The van der Waals surface area contributed by atoms with E-state index in [4.69, 9.17) is 17.0 Å². The number of ether oxygens (including phenoxy) is 1. The van der Waals surface area contributed by atoms with Crippen LogP contribution in [0.2, 0.25) is 0 Å². The molecule has 28 heavy (non-hydrogen) atoms. The second-order valence-corrected chi connectivity index (χ2v) is 7.51. The molecule has 1 aliphatic rings. The average Bonchev–Trinajstić information content (AvgIpc) is 2.70. The molecule has 0 bridgehead atoms. The summed E-state index contributed by atoms with van der Waals surface area (Å²) in [6, 6.07) is 13.8. The van der Waals surface area contributed by atoms with Crippen LogP contribution in [0.3, 0.4) is 0 Å². The minimum atomic E-state index is -0.286. The van der Waals surface area contributed by atoms with E-state index in [1.165, 1.54) is 24.8 Å². The first-order valence-corrected chi connectivity index (χ1v) is 10.1. The summed E-state index contributed by atoms with van der Waals surface area (Å²) in [4.78, 5) is 14.5. The third-order valence-corrected chi connectivity index (χ3v) is 5.15. The van der Waals surface area contributed by atoms with Gasteiger partial charge in [-0.15, -0.1) is 0 Å². The van der Waals surface area contributed by atoms with Crippen molar-refractivity contribution in [1.82, 2.24) is 5.32 Å². The molecule has 1 saturated heterocycles. The SMILES string of the molecule is Cc1ccc(OCC(=O)NC(=S)Nc2ccccc2N2CCCCC2)cc1C. The second-order valence-electron chi connectivity index (χ2n) is 7.10. The summed E-state index contributed by atoms with van der Waals surface area (Å²) in [6.07, 6.45) is 3.68. The normalized spacial score (nSPS) is 13.7. The van der Waals surface area contributed by atoms with Crippen LogP contribution in [0.4, 0.5) is 11.4 Å². The standard InChI is InChI=1S/C22H27N3O2S/c1-16-10-11-18(14-17(16)2)27-15-21(26)24-22(28)23-19-8-4-5-9-20(19)25-12-6-3-7-13-25/h4-5,8-11,14H,3,6-7,12-13,15H2,1-2H3,(H2,23,24,26,28). The van der Waals surface area contributed by atoms with Crippen molar-refractivity contribution in [2.24, 2.45) is 0 Å². The fourth-order valence-corrected chi connectivity index (χ4v) is 3.48. The van der Waals surface area contributed by atoms with Gasteiger partial charge in [0.1, 0.15) is 5.75 Å². The number of carbonyl (C=O) groups excluding carboxylic acids is 1. The first kappa shape index (κ1) is 20.1. The number of hydrogen-bond acceptors (Lipinski definition) is 4. The van der Waals surface area contributed by atoms with Crippen molar-refractivity contribution in [3.05, 3.63) is 53.6 Å². The molecule has 1 amide bonds. The van der Waals surface area contributed by atoms with Gasteiger partial charge in [-0.05, 0) is 80.7 Å². The monoisotopic (exact) mass is 397 g/mol. The number of para-hydroxylation sites is 2. The maximum absolute atomic E-state index is 12.2. The topological polar surface area (TPSA) is 53.6 Å². The zero-order valence-electron chi connectivity index (χ0n) is 16.5. The largest absolute Gasteiger partial charge is 0.484 e. The highest BCUT2D eigenvalue weighted by molar-refractivity contribution is 7.80. The Bertz CT molecular complexity index is 847. The lowest BCUT2D eigenvalue weighted by Crippen LogP contribution is -2.38. The molecule has 3 rings (SSSR count). The van der Waals surface area contributed by atoms with Gasteiger partial charge in [0.25, 0.3) is 5.91 Å². The summed E-state index contributed by atoms with van der Waals surface area (Å²) in [5.41, 5.74) is 4.34. The molecule has 0 unspecified atom stereocenters. The van der Waals surface area contributed by atoms with Crippen molar-refractivity contribution in [3.8, 4) is 5.75 Å². The van der Waals surface area contributed by atoms with Gasteiger partial charge < -0.3 is 15.0 Å². The van der Waals surface area contributed by atoms with Crippen LogP contribution in [-0.2, 0) is 4.79 Å². The van der Waals surface area contributed by atoms with Gasteiger partial charge in [-0.25, -0.2) is 0 Å². The molecule has 1 aliphatic heterocycles. The Kier molecular flexibility index (Phi) is 6.87. The summed E-state index contributed by atoms with van der Waals surface area (Å²) in [7, 11) is 0. The van der Waals surface area contributed by atoms with Crippen LogP contribution in [-0.4, -0.2) is 30.7 Å². The van der Waals surface area contributed by atoms with E-state index in [0.29, 0.717) is 5.75 Å². The molecule has 148 valence electrons. The van der Waals surface area contributed by atoms with E-state index >= 15 is 0 Å². The van der Waals surface area contributed by atoms with E-state index in [1.54, 1.807) is 0 Å². The Morgan fingerprint density at radius 2 is 1.82 bits per heavy atom. The quantitative estimate of drug-likeness (QED) is 0.741. The van der Waals surface area contributed by atoms with Crippen LogP contribution >= 0.6 is 12.2 Å². The molecular formula is C22H27N3O2S. The smallest absolute Gasteiger partial charge is 0.264 e. The molecule has 2 N–H and O–H groups in total. The molecule has 5 nitrogen and oxygen atoms in total. The molecular weight excluding hydrogens is 370 g/mol. The molecule has 6 heteroatoms. The molecule has 0 atom stereocenters. The number of rotatable bonds is 5. The number of benzene rings is 2. The van der Waals surface area contributed by atoms with Crippen molar-refractivity contribution in [1.29, 1.82) is 0 Å². The van der Waals surface area contributed by atoms with Crippen molar-refractivity contribution in [2.75, 3.05) is 29.9 Å². The van der Waals surface area contributed by atoms with Gasteiger partial charge in [0, 0.05) is 13.1 Å². The molecule has 1 heterocycles. The number of nitrogens with zero attached hydrogens (tertiary/aromatic N) is 1.